The summed E-state index contributed by atoms with van der Waals surface area (Å²) in [6, 6.07) is 0. The summed E-state index contributed by atoms with van der Waals surface area (Å²) in [7, 11) is 0. The number of alkyl halides is 1. The van der Waals surface area contributed by atoms with Crippen molar-refractivity contribution >= 4 is 17.8 Å². The van der Waals surface area contributed by atoms with Gasteiger partial charge in [-0.2, -0.15) is 0 Å². The summed E-state index contributed by atoms with van der Waals surface area (Å²) in [5.74, 6) is 0.756. The number of hydrogen-bond donors (Lipinski definition) is 0. The molecule has 0 aromatic rings. The lowest BCUT2D eigenvalue weighted by Gasteiger charge is -2.04. The minimum absolute atomic E-state index is 0.372. The topological polar surface area (TPSA) is 35.5 Å². The fraction of sp³-hybridized carbons (Fsp3) is 0.909. The van der Waals surface area contributed by atoms with Crippen molar-refractivity contribution in [2.75, 3.05) is 19.1 Å². The van der Waals surface area contributed by atoms with E-state index in [-0.39, 0.29) is 0 Å². The van der Waals surface area contributed by atoms with E-state index in [4.69, 9.17) is 16.3 Å². The largest absolute Gasteiger partial charge is 0.508 e. The van der Waals surface area contributed by atoms with E-state index >= 15 is 0 Å². The zero-order valence-electron chi connectivity index (χ0n) is 9.47. The van der Waals surface area contributed by atoms with Gasteiger partial charge in [-0.3, -0.25) is 0 Å². The van der Waals surface area contributed by atoms with Gasteiger partial charge in [-0.15, -0.1) is 11.6 Å². The van der Waals surface area contributed by atoms with Crippen molar-refractivity contribution in [1.82, 2.24) is 0 Å². The van der Waals surface area contributed by atoms with Crippen LogP contribution in [0.25, 0.3) is 0 Å². The van der Waals surface area contributed by atoms with Crippen LogP contribution in [0.2, 0.25) is 0 Å². The van der Waals surface area contributed by atoms with Crippen LogP contribution < -0.4 is 0 Å². The molecule has 15 heavy (non-hydrogen) atoms. The lowest BCUT2D eigenvalue weighted by Crippen LogP contribution is -2.07. The predicted octanol–water partition coefficient (Wildman–Crippen LogP) is 3.74. The second-order valence-corrected chi connectivity index (χ2v) is 3.72. The summed E-state index contributed by atoms with van der Waals surface area (Å²) in [6.45, 7) is 2.60. The fourth-order valence-electron chi connectivity index (χ4n) is 1.22. The normalized spacial score (nSPS) is 10.0. The van der Waals surface area contributed by atoms with Gasteiger partial charge in [-0.25, -0.2) is 4.79 Å². The van der Waals surface area contributed by atoms with Crippen LogP contribution in [0.5, 0.6) is 0 Å². The quantitative estimate of drug-likeness (QED) is 0.348. The average molecular weight is 237 g/mol. The number of rotatable bonds is 9. The standard InChI is InChI=1S/C11H21ClO3/c1-2-14-11(13)15-10-8-6-4-3-5-7-9-12/h2-10H2,1H3. The van der Waals surface area contributed by atoms with Crippen LogP contribution >= 0.6 is 11.6 Å². The third-order valence-corrected chi connectivity index (χ3v) is 2.28. The van der Waals surface area contributed by atoms with E-state index < -0.39 is 6.16 Å². The third kappa shape index (κ3) is 11.5. The number of hydrogen-bond acceptors (Lipinski definition) is 3. The molecule has 0 aromatic heterocycles. The zero-order chi connectivity index (χ0) is 11.4. The first-order valence-corrected chi connectivity index (χ1v) is 6.20. The number of carbonyl (C=O) groups is 1. The summed E-state index contributed by atoms with van der Waals surface area (Å²) in [5, 5.41) is 0. The van der Waals surface area contributed by atoms with Crippen LogP contribution in [0.4, 0.5) is 4.79 Å². The Morgan fingerprint density at radius 1 is 1.00 bits per heavy atom. The molecule has 90 valence electrons. The van der Waals surface area contributed by atoms with Crippen LogP contribution in [0.15, 0.2) is 0 Å². The van der Waals surface area contributed by atoms with Crippen molar-refractivity contribution in [2.45, 2.75) is 45.4 Å². The van der Waals surface area contributed by atoms with Crippen LogP contribution in [0.1, 0.15) is 45.4 Å². The highest BCUT2D eigenvalue weighted by molar-refractivity contribution is 6.17. The van der Waals surface area contributed by atoms with Gasteiger partial charge in [0.25, 0.3) is 0 Å². The van der Waals surface area contributed by atoms with Gasteiger partial charge in [0.15, 0.2) is 0 Å². The second-order valence-electron chi connectivity index (χ2n) is 3.34. The van der Waals surface area contributed by atoms with Crippen LogP contribution in [-0.4, -0.2) is 25.2 Å². The molecule has 0 aromatic carbocycles. The molecule has 0 bridgehead atoms. The summed E-state index contributed by atoms with van der Waals surface area (Å²) < 4.78 is 9.45. The second kappa shape index (κ2) is 11.6. The Labute approximate surface area is 97.1 Å². The van der Waals surface area contributed by atoms with Gasteiger partial charge in [-0.05, 0) is 19.8 Å². The molecule has 0 unspecified atom stereocenters. The van der Waals surface area contributed by atoms with Crippen LogP contribution in [-0.2, 0) is 9.47 Å². The van der Waals surface area contributed by atoms with Crippen molar-refractivity contribution in [2.24, 2.45) is 0 Å². The van der Waals surface area contributed by atoms with Crippen molar-refractivity contribution < 1.29 is 14.3 Å². The molecule has 0 atom stereocenters. The van der Waals surface area contributed by atoms with Crippen molar-refractivity contribution in [3.05, 3.63) is 0 Å². The molecule has 0 spiro atoms. The zero-order valence-corrected chi connectivity index (χ0v) is 10.2. The molecule has 0 heterocycles. The lowest BCUT2D eigenvalue weighted by atomic mass is 10.1. The predicted molar refractivity (Wildman–Crippen MR) is 61.4 cm³/mol. The van der Waals surface area contributed by atoms with Crippen molar-refractivity contribution in [3.8, 4) is 0 Å². The first-order valence-electron chi connectivity index (χ1n) is 5.66. The molecule has 0 radical (unpaired) electrons. The maximum Gasteiger partial charge on any atom is 0.508 e. The third-order valence-electron chi connectivity index (χ3n) is 2.01. The Hall–Kier alpha value is -0.440. The smallest absolute Gasteiger partial charge is 0.435 e. The summed E-state index contributed by atoms with van der Waals surface area (Å²) in [5.41, 5.74) is 0. The van der Waals surface area contributed by atoms with Crippen LogP contribution in [0, 0.1) is 0 Å². The Kier molecular flexibility index (Phi) is 11.3. The maximum atomic E-state index is 10.8. The van der Waals surface area contributed by atoms with E-state index in [2.05, 4.69) is 4.74 Å². The molecular weight excluding hydrogens is 216 g/mol. The van der Waals surface area contributed by atoms with Gasteiger partial charge >= 0.3 is 6.16 Å². The van der Waals surface area contributed by atoms with E-state index in [0.717, 1.165) is 25.1 Å². The van der Waals surface area contributed by atoms with E-state index in [0.29, 0.717) is 13.2 Å². The van der Waals surface area contributed by atoms with Crippen LogP contribution in [0.3, 0.4) is 0 Å². The SMILES string of the molecule is CCOC(=O)OCCCCCCCCCl. The molecule has 3 nitrogen and oxygen atoms in total. The van der Waals surface area contributed by atoms with Gasteiger partial charge < -0.3 is 9.47 Å². The molecule has 0 rings (SSSR count). The Bertz CT molecular complexity index is 151. The summed E-state index contributed by atoms with van der Waals surface area (Å²) in [6.07, 6.45) is 6.15. The maximum absolute atomic E-state index is 10.8. The molecule has 0 amide bonds. The van der Waals surface area contributed by atoms with Gasteiger partial charge in [-0.1, -0.05) is 25.7 Å². The van der Waals surface area contributed by atoms with E-state index in [1.54, 1.807) is 6.92 Å². The van der Waals surface area contributed by atoms with Crippen molar-refractivity contribution in [1.29, 1.82) is 0 Å². The molecule has 4 heteroatoms. The van der Waals surface area contributed by atoms with Gasteiger partial charge in [0.05, 0.1) is 13.2 Å². The minimum Gasteiger partial charge on any atom is -0.435 e. The number of carbonyl (C=O) groups excluding carboxylic acids is 1. The lowest BCUT2D eigenvalue weighted by molar-refractivity contribution is 0.0578. The molecule has 0 aliphatic rings. The molecule has 0 fully saturated rings. The highest BCUT2D eigenvalue weighted by Gasteiger charge is 2.00. The van der Waals surface area contributed by atoms with Gasteiger partial charge in [0.1, 0.15) is 0 Å². The fourth-order valence-corrected chi connectivity index (χ4v) is 1.41. The first kappa shape index (κ1) is 14.6. The summed E-state index contributed by atoms with van der Waals surface area (Å²) in [4.78, 5) is 10.8. The average Bonchev–Trinajstić information content (AvgIpc) is 2.22. The molecule has 0 saturated heterocycles. The summed E-state index contributed by atoms with van der Waals surface area (Å²) >= 11 is 5.56. The Morgan fingerprint density at radius 2 is 1.60 bits per heavy atom. The number of ether oxygens (including phenoxy) is 2. The molecule has 0 N–H and O–H groups in total. The number of halogens is 1. The number of unbranched alkanes of at least 4 members (excludes halogenated alkanes) is 5. The Balaban J connectivity index is 3.01. The molecule has 0 saturated carbocycles. The van der Waals surface area contributed by atoms with Gasteiger partial charge in [0, 0.05) is 5.88 Å². The highest BCUT2D eigenvalue weighted by Crippen LogP contribution is 2.06. The molecule has 0 aliphatic heterocycles. The highest BCUT2D eigenvalue weighted by atomic mass is 35.5. The van der Waals surface area contributed by atoms with Gasteiger partial charge in [0.2, 0.25) is 0 Å². The molecular formula is C11H21ClO3. The van der Waals surface area contributed by atoms with E-state index in [9.17, 15) is 4.79 Å². The molecule has 0 aliphatic carbocycles. The monoisotopic (exact) mass is 236 g/mol. The first-order chi connectivity index (χ1) is 7.31. The van der Waals surface area contributed by atoms with E-state index in [1.807, 2.05) is 0 Å². The van der Waals surface area contributed by atoms with E-state index in [1.165, 1.54) is 19.3 Å². The van der Waals surface area contributed by atoms with Crippen molar-refractivity contribution in [3.63, 3.8) is 0 Å². The minimum atomic E-state index is -0.556. The Morgan fingerprint density at radius 3 is 2.20 bits per heavy atom.